The van der Waals surface area contributed by atoms with E-state index in [1.807, 2.05) is 0 Å². The van der Waals surface area contributed by atoms with Crippen LogP contribution >= 0.6 is 34.8 Å². The highest BCUT2D eigenvalue weighted by molar-refractivity contribution is 6.44. The monoisotopic (exact) mass is 384 g/mol. The zero-order valence-corrected chi connectivity index (χ0v) is 14.9. The molecule has 2 N–H and O–H groups in total. The van der Waals surface area contributed by atoms with Crippen LogP contribution in [-0.2, 0) is 4.79 Å². The van der Waals surface area contributed by atoms with E-state index >= 15 is 0 Å². The van der Waals surface area contributed by atoms with Gasteiger partial charge in [-0.1, -0.05) is 47.5 Å². The first-order valence-electron chi connectivity index (χ1n) is 7.01. The predicted octanol–water partition coefficient (Wildman–Crippen LogP) is 5.26. The number of nitrogens with one attached hydrogen (secondary N) is 2. The molecule has 0 heterocycles. The SMILES string of the molecule is C=CCOc1ccc(NC(=O)CNc2cc(Cl)c(Cl)cc2Cl)cc1. The lowest BCUT2D eigenvalue weighted by Crippen LogP contribution is -2.21. The summed E-state index contributed by atoms with van der Waals surface area (Å²) < 4.78 is 5.37. The molecule has 0 unspecified atom stereocenters. The largest absolute Gasteiger partial charge is 0.490 e. The summed E-state index contributed by atoms with van der Waals surface area (Å²) in [6.07, 6.45) is 1.66. The van der Waals surface area contributed by atoms with Gasteiger partial charge in [0.1, 0.15) is 12.4 Å². The maximum atomic E-state index is 12.0. The van der Waals surface area contributed by atoms with Crippen LogP contribution < -0.4 is 15.4 Å². The average Bonchev–Trinajstić information content (AvgIpc) is 2.56. The van der Waals surface area contributed by atoms with Gasteiger partial charge in [-0.05, 0) is 36.4 Å². The van der Waals surface area contributed by atoms with Crippen LogP contribution in [0, 0.1) is 0 Å². The minimum atomic E-state index is -0.225. The quantitative estimate of drug-likeness (QED) is 0.505. The van der Waals surface area contributed by atoms with Crippen molar-refractivity contribution in [1.29, 1.82) is 0 Å². The Balaban J connectivity index is 1.89. The van der Waals surface area contributed by atoms with Gasteiger partial charge in [-0.3, -0.25) is 4.79 Å². The first-order valence-corrected chi connectivity index (χ1v) is 8.15. The number of hydrogen-bond acceptors (Lipinski definition) is 3. The Morgan fingerprint density at radius 1 is 1.08 bits per heavy atom. The molecule has 0 saturated carbocycles. The molecule has 0 bridgehead atoms. The van der Waals surface area contributed by atoms with Crippen molar-refractivity contribution in [2.75, 3.05) is 23.8 Å². The molecule has 0 atom stereocenters. The Labute approximate surface area is 155 Å². The molecule has 0 aliphatic rings. The molecule has 0 spiro atoms. The van der Waals surface area contributed by atoms with Gasteiger partial charge in [0.2, 0.25) is 5.91 Å². The molecule has 0 aliphatic heterocycles. The van der Waals surface area contributed by atoms with Gasteiger partial charge in [0.05, 0.1) is 27.3 Å². The molecule has 24 heavy (non-hydrogen) atoms. The Kier molecular flexibility index (Phi) is 6.79. The maximum absolute atomic E-state index is 12.0. The number of ether oxygens (including phenoxy) is 1. The third-order valence-corrected chi connectivity index (χ3v) is 3.99. The lowest BCUT2D eigenvalue weighted by atomic mass is 10.3. The molecule has 126 valence electrons. The molecule has 0 radical (unpaired) electrons. The first-order chi connectivity index (χ1) is 11.5. The Morgan fingerprint density at radius 2 is 1.75 bits per heavy atom. The van der Waals surface area contributed by atoms with Crippen LogP contribution in [0.4, 0.5) is 11.4 Å². The van der Waals surface area contributed by atoms with Crippen molar-refractivity contribution in [3.63, 3.8) is 0 Å². The highest BCUT2D eigenvalue weighted by atomic mass is 35.5. The van der Waals surface area contributed by atoms with E-state index in [0.29, 0.717) is 38.8 Å². The van der Waals surface area contributed by atoms with Crippen molar-refractivity contribution in [2.24, 2.45) is 0 Å². The molecule has 0 saturated heterocycles. The number of amides is 1. The van der Waals surface area contributed by atoms with E-state index in [2.05, 4.69) is 17.2 Å². The van der Waals surface area contributed by atoms with Gasteiger partial charge in [0.15, 0.2) is 0 Å². The fourth-order valence-corrected chi connectivity index (χ4v) is 2.44. The number of benzene rings is 2. The first kappa shape index (κ1) is 18.5. The number of carbonyl (C=O) groups is 1. The van der Waals surface area contributed by atoms with Crippen LogP contribution in [0.5, 0.6) is 5.75 Å². The van der Waals surface area contributed by atoms with Gasteiger partial charge in [0, 0.05) is 5.69 Å². The molecule has 0 fully saturated rings. The molecule has 0 aromatic heterocycles. The summed E-state index contributed by atoms with van der Waals surface area (Å²) in [7, 11) is 0. The molecule has 4 nitrogen and oxygen atoms in total. The lowest BCUT2D eigenvalue weighted by molar-refractivity contribution is -0.114. The molecule has 2 aromatic rings. The number of anilines is 2. The van der Waals surface area contributed by atoms with E-state index in [9.17, 15) is 4.79 Å². The van der Waals surface area contributed by atoms with Crippen LogP contribution in [0.25, 0.3) is 0 Å². The third-order valence-electron chi connectivity index (χ3n) is 2.96. The molecule has 2 rings (SSSR count). The summed E-state index contributed by atoms with van der Waals surface area (Å²) in [5, 5.41) is 6.79. The minimum absolute atomic E-state index is 0.0341. The summed E-state index contributed by atoms with van der Waals surface area (Å²) in [5.41, 5.74) is 1.20. The standard InChI is InChI=1S/C17H15Cl3N2O2/c1-2-7-24-12-5-3-11(4-6-12)22-17(23)10-21-16-9-14(19)13(18)8-15(16)20/h2-6,8-9,21H,1,7,10H2,(H,22,23). The summed E-state index contributed by atoms with van der Waals surface area (Å²) in [4.78, 5) is 12.0. The fraction of sp³-hybridized carbons (Fsp3) is 0.118. The second-order valence-corrected chi connectivity index (χ2v) is 5.99. The predicted molar refractivity (Wildman–Crippen MR) is 101 cm³/mol. The molecule has 0 aliphatic carbocycles. The second kappa shape index (κ2) is 8.83. The van der Waals surface area contributed by atoms with Gasteiger partial charge >= 0.3 is 0 Å². The topological polar surface area (TPSA) is 50.4 Å². The van der Waals surface area contributed by atoms with Gasteiger partial charge in [-0.2, -0.15) is 0 Å². The molecular weight excluding hydrogens is 371 g/mol. The second-order valence-electron chi connectivity index (χ2n) is 4.77. The van der Waals surface area contributed by atoms with Crippen LogP contribution in [0.15, 0.2) is 49.1 Å². The van der Waals surface area contributed by atoms with Crippen LogP contribution in [0.3, 0.4) is 0 Å². The summed E-state index contributed by atoms with van der Waals surface area (Å²) in [5.74, 6) is 0.477. The minimum Gasteiger partial charge on any atom is -0.490 e. The lowest BCUT2D eigenvalue weighted by Gasteiger charge is -2.11. The summed E-state index contributed by atoms with van der Waals surface area (Å²) in [6, 6.07) is 10.1. The van der Waals surface area contributed by atoms with E-state index in [1.165, 1.54) is 6.07 Å². The number of rotatable bonds is 7. The van der Waals surface area contributed by atoms with Crippen molar-refractivity contribution >= 4 is 52.1 Å². The molecule has 7 heteroatoms. The van der Waals surface area contributed by atoms with Crippen LogP contribution in [0.1, 0.15) is 0 Å². The van der Waals surface area contributed by atoms with E-state index in [4.69, 9.17) is 39.5 Å². The maximum Gasteiger partial charge on any atom is 0.243 e. The Morgan fingerprint density at radius 3 is 2.42 bits per heavy atom. The normalized spacial score (nSPS) is 10.1. The van der Waals surface area contributed by atoms with Crippen molar-refractivity contribution < 1.29 is 9.53 Å². The van der Waals surface area contributed by atoms with Gasteiger partial charge in [0.25, 0.3) is 0 Å². The van der Waals surface area contributed by atoms with Crippen molar-refractivity contribution in [3.05, 3.63) is 64.1 Å². The zero-order valence-electron chi connectivity index (χ0n) is 12.6. The average molecular weight is 386 g/mol. The van der Waals surface area contributed by atoms with Gasteiger partial charge < -0.3 is 15.4 Å². The zero-order chi connectivity index (χ0) is 17.5. The number of carbonyl (C=O) groups excluding carboxylic acids is 1. The third kappa shape index (κ3) is 5.34. The van der Waals surface area contributed by atoms with Gasteiger partial charge in [-0.25, -0.2) is 0 Å². The summed E-state index contributed by atoms with van der Waals surface area (Å²) in [6.45, 7) is 4.05. The Bertz CT molecular complexity index is 733. The number of halogens is 3. The highest BCUT2D eigenvalue weighted by Crippen LogP contribution is 2.32. The molecule has 1 amide bonds. The van der Waals surface area contributed by atoms with E-state index in [1.54, 1.807) is 36.4 Å². The Hall–Kier alpha value is -1.88. The molecule has 2 aromatic carbocycles. The van der Waals surface area contributed by atoms with Crippen molar-refractivity contribution in [2.45, 2.75) is 0 Å². The van der Waals surface area contributed by atoms with Crippen LogP contribution in [0.2, 0.25) is 15.1 Å². The van der Waals surface area contributed by atoms with Crippen LogP contribution in [-0.4, -0.2) is 19.1 Å². The fourth-order valence-electron chi connectivity index (χ4n) is 1.83. The molecular formula is C17H15Cl3N2O2. The van der Waals surface area contributed by atoms with Crippen molar-refractivity contribution in [1.82, 2.24) is 0 Å². The highest BCUT2D eigenvalue weighted by Gasteiger charge is 2.08. The van der Waals surface area contributed by atoms with Crippen molar-refractivity contribution in [3.8, 4) is 5.75 Å². The summed E-state index contributed by atoms with van der Waals surface area (Å²) >= 11 is 17.8. The smallest absolute Gasteiger partial charge is 0.243 e. The van der Waals surface area contributed by atoms with E-state index in [0.717, 1.165) is 0 Å². The number of hydrogen-bond donors (Lipinski definition) is 2. The van der Waals surface area contributed by atoms with Gasteiger partial charge in [-0.15, -0.1) is 0 Å². The van der Waals surface area contributed by atoms with E-state index in [-0.39, 0.29) is 12.5 Å². The van der Waals surface area contributed by atoms with E-state index < -0.39 is 0 Å².